The molecule has 2 aromatic heterocycles. The number of hydrogen-bond donors (Lipinski definition) is 3. The maximum absolute atomic E-state index is 14.3. The van der Waals surface area contributed by atoms with Crippen molar-refractivity contribution < 1.29 is 106 Å². The molecule has 105 heavy (non-hydrogen) atoms. The van der Waals surface area contributed by atoms with Gasteiger partial charge in [0, 0.05) is 70.5 Å². The van der Waals surface area contributed by atoms with Crippen molar-refractivity contribution in [3.05, 3.63) is 231 Å². The van der Waals surface area contributed by atoms with E-state index in [1.54, 1.807) is 57.2 Å². The summed E-state index contributed by atoms with van der Waals surface area (Å²) in [4.78, 5) is 41.3. The van der Waals surface area contributed by atoms with Gasteiger partial charge in [-0.2, -0.15) is 26.3 Å². The molecule has 3 unspecified atom stereocenters. The van der Waals surface area contributed by atoms with Crippen molar-refractivity contribution >= 4 is 112 Å². The summed E-state index contributed by atoms with van der Waals surface area (Å²) in [6.45, 7) is 7.01. The molecule has 7 rings (SSSR count). The number of benzene rings is 5. The maximum atomic E-state index is 14.3. The SMILES string of the molecule is CC(C(=O)CCc1ccc(C(F)(F)F)nc1Cl)c1ccc(CCS(C)(=O)=O)c(F)c1.CC(C(=O)O)c1ccc(CCS(C)(=O)=O)c(F)c1.CCOC(=O)C(C)c1ccc(CCS(C)(=O)=O)c(F)c1.CS(=O)(=O)CCc1ccc(Br)cc1F.NCc1ccc(Br)cc1F.NCc1ccc(C(F)(F)F)nc1Cl. The number of sulfone groups is 4. The van der Waals surface area contributed by atoms with E-state index >= 15 is 0 Å². The van der Waals surface area contributed by atoms with E-state index in [0.29, 0.717) is 49.0 Å². The van der Waals surface area contributed by atoms with Crippen LogP contribution in [0.2, 0.25) is 10.3 Å². The third-order valence-corrected chi connectivity index (χ3v) is 20.2. The minimum absolute atomic E-state index is 0.00855. The van der Waals surface area contributed by atoms with Gasteiger partial charge in [0.2, 0.25) is 0 Å². The van der Waals surface area contributed by atoms with Gasteiger partial charge in [-0.25, -0.2) is 65.6 Å². The van der Waals surface area contributed by atoms with Crippen LogP contribution in [0.3, 0.4) is 0 Å². The molecular formula is C69H77Br2Cl2F11N4O13S4. The van der Waals surface area contributed by atoms with Crippen LogP contribution in [0.25, 0.3) is 0 Å². The number of carboxylic acids is 1. The van der Waals surface area contributed by atoms with Crippen LogP contribution in [0.4, 0.5) is 48.3 Å². The van der Waals surface area contributed by atoms with Crippen molar-refractivity contribution in [3.8, 4) is 0 Å². The summed E-state index contributed by atoms with van der Waals surface area (Å²) in [6, 6.07) is 26.3. The number of nitrogens with two attached hydrogens (primary N) is 2. The maximum Gasteiger partial charge on any atom is 0.433 e. The molecule has 0 spiro atoms. The first-order chi connectivity index (χ1) is 48.3. The third-order valence-electron chi connectivity index (χ3n) is 14.7. The highest BCUT2D eigenvalue weighted by Crippen LogP contribution is 2.32. The van der Waals surface area contributed by atoms with E-state index in [-0.39, 0.29) is 120 Å². The van der Waals surface area contributed by atoms with Gasteiger partial charge in [-0.1, -0.05) is 123 Å². The number of ketones is 1. The number of rotatable bonds is 24. The molecular weight excluding hydrogens is 1660 g/mol. The zero-order valence-electron chi connectivity index (χ0n) is 57.6. The zero-order chi connectivity index (χ0) is 80.3. The number of alkyl halides is 6. The predicted molar refractivity (Wildman–Crippen MR) is 388 cm³/mol. The number of pyridine rings is 2. The van der Waals surface area contributed by atoms with Crippen LogP contribution in [-0.4, -0.2) is 121 Å². The third kappa shape index (κ3) is 36.3. The van der Waals surface area contributed by atoms with Crippen LogP contribution in [0.15, 0.2) is 124 Å². The summed E-state index contributed by atoms with van der Waals surface area (Å²) >= 11 is 17.5. The highest BCUT2D eigenvalue weighted by Gasteiger charge is 2.34. The fourth-order valence-electron chi connectivity index (χ4n) is 8.49. The summed E-state index contributed by atoms with van der Waals surface area (Å²) in [5.74, 6) is -6.37. The first kappa shape index (κ1) is 94.6. The fourth-order valence-corrected chi connectivity index (χ4v) is 12.0. The Labute approximate surface area is 630 Å². The number of hydrogen-bond acceptors (Lipinski definition) is 16. The lowest BCUT2D eigenvalue weighted by Crippen LogP contribution is -2.13. The molecule has 0 amide bonds. The minimum Gasteiger partial charge on any atom is -0.481 e. The average Bonchev–Trinajstić information content (AvgIpc) is 0.831. The molecule has 5 N–H and O–H groups in total. The highest BCUT2D eigenvalue weighted by atomic mass is 79.9. The van der Waals surface area contributed by atoms with Gasteiger partial charge in [0.1, 0.15) is 95.9 Å². The molecule has 0 bridgehead atoms. The second-order valence-electron chi connectivity index (χ2n) is 23.5. The van der Waals surface area contributed by atoms with Gasteiger partial charge in [-0.05, 0) is 152 Å². The molecule has 0 radical (unpaired) electrons. The van der Waals surface area contributed by atoms with Crippen molar-refractivity contribution in [2.45, 2.75) is 109 Å². The smallest absolute Gasteiger partial charge is 0.433 e. The van der Waals surface area contributed by atoms with Crippen LogP contribution in [-0.2, 0) is 116 Å². The number of aromatic nitrogens is 2. The van der Waals surface area contributed by atoms with E-state index in [1.165, 1.54) is 67.6 Å². The number of esters is 1. The first-order valence-corrected chi connectivity index (χ1v) is 41.6. The Kier molecular flexibility index (Phi) is 38.6. The van der Waals surface area contributed by atoms with Gasteiger partial charge >= 0.3 is 24.3 Å². The largest absolute Gasteiger partial charge is 0.481 e. The predicted octanol–water partition coefficient (Wildman–Crippen LogP) is 14.9. The lowest BCUT2D eigenvalue weighted by molar-refractivity contribution is -0.144. The second-order valence-corrected chi connectivity index (χ2v) is 35.0. The van der Waals surface area contributed by atoms with Gasteiger partial charge in [0.05, 0.1) is 41.5 Å². The Hall–Kier alpha value is -6.50. The normalized spacial score (nSPS) is 12.5. The summed E-state index contributed by atoms with van der Waals surface area (Å²) < 4.78 is 236. The van der Waals surface area contributed by atoms with Crippen LogP contribution in [0, 0.1) is 29.1 Å². The van der Waals surface area contributed by atoms with Gasteiger partial charge in [0.15, 0.2) is 0 Å². The molecule has 0 saturated carbocycles. The Morgan fingerprint density at radius 2 is 0.752 bits per heavy atom. The van der Waals surface area contributed by atoms with Crippen molar-refractivity contribution in [1.29, 1.82) is 0 Å². The lowest BCUT2D eigenvalue weighted by Gasteiger charge is -2.13. The van der Waals surface area contributed by atoms with Gasteiger partial charge in [-0.15, -0.1) is 0 Å². The molecule has 0 aliphatic heterocycles. The van der Waals surface area contributed by atoms with E-state index in [9.17, 15) is 96.3 Å². The monoisotopic (exact) mass is 1730 g/mol. The molecule has 7 aromatic rings. The van der Waals surface area contributed by atoms with Crippen molar-refractivity contribution in [1.82, 2.24) is 9.97 Å². The number of aryl methyl sites for hydroxylation is 5. The average molecular weight is 1740 g/mol. The number of Topliss-reactive ketones (excluding diaryl/α,β-unsaturated/α-hetero) is 1. The molecule has 0 fully saturated rings. The molecule has 17 nitrogen and oxygen atoms in total. The Bertz CT molecular complexity index is 4590. The molecule has 2 heterocycles. The van der Waals surface area contributed by atoms with Gasteiger partial charge in [-0.3, -0.25) is 14.4 Å². The fraction of sp³-hybridized carbons (Fsp3) is 0.377. The van der Waals surface area contributed by atoms with Crippen LogP contribution < -0.4 is 11.5 Å². The summed E-state index contributed by atoms with van der Waals surface area (Å²) in [7, 11) is -12.5. The molecule has 5 aromatic carbocycles. The van der Waals surface area contributed by atoms with E-state index in [2.05, 4.69) is 41.8 Å². The molecule has 3 atom stereocenters. The summed E-state index contributed by atoms with van der Waals surface area (Å²) in [6.07, 6.45) is -4.10. The molecule has 36 heteroatoms. The number of ether oxygens (including phenoxy) is 1. The van der Waals surface area contributed by atoms with Gasteiger partial charge in [0.25, 0.3) is 0 Å². The van der Waals surface area contributed by atoms with Gasteiger partial charge < -0.3 is 21.3 Å². The standard InChI is InChI=1S/C20H20ClF4NO3S.C14H19FO4S.C12H15FO4S.C9H10BrFO2S.C7H7BrFN.C7H6ClF3N2/c1-12(15-4-3-13(16(22)11-15)9-10-30(2,28)29)17(27)7-5-14-6-8-18(20(23,24)25)26-19(14)21;1-4-19-14(16)10(2)12-6-5-11(13(15)9-12)7-8-20(3,17)18;1-8(12(14)15)10-4-3-9(11(13)7-10)5-6-18(2,16)17;1-14(12,13)5-4-7-2-3-8(10)6-9(7)11;8-6-2-1-5(4-10)7(9)3-6;8-6-4(3-12)1-2-5(13-6)7(9,10)11/h3-4,6,8,11-12H,5,7,9-10H2,1-2H3;5-6,9-10H,4,7-8H2,1-3H3;3-4,7-8H,5-6H2,1-2H3,(H,14,15);2-3,6H,4-5H2,1H3;1-3H,4,10H2;1-2H,3,12H2. The molecule has 580 valence electrons. The van der Waals surface area contributed by atoms with Crippen LogP contribution in [0.1, 0.15) is 119 Å². The topological polar surface area (TPSA) is 295 Å². The number of aliphatic carboxylic acids is 1. The first-order valence-electron chi connectivity index (χ1n) is 31.0. The van der Waals surface area contributed by atoms with Crippen LogP contribution in [0.5, 0.6) is 0 Å². The summed E-state index contributed by atoms with van der Waals surface area (Å²) in [5.41, 5.74) is 12.2. The second kappa shape index (κ2) is 42.9. The number of nitrogens with zero attached hydrogens (tertiary/aromatic N) is 2. The number of carbonyl (C=O) groups excluding carboxylic acids is 2. The minimum atomic E-state index is -4.61. The quantitative estimate of drug-likeness (QED) is 0.0288. The zero-order valence-corrected chi connectivity index (χ0v) is 65.5. The Balaban J connectivity index is 0.000000444. The number of halogens is 15. The van der Waals surface area contributed by atoms with Crippen LogP contribution >= 0.6 is 55.1 Å². The van der Waals surface area contributed by atoms with Crippen molar-refractivity contribution in [3.63, 3.8) is 0 Å². The summed E-state index contributed by atoms with van der Waals surface area (Å²) in [5, 5.41) is 8.29. The van der Waals surface area contributed by atoms with Crippen molar-refractivity contribution in [2.75, 3.05) is 54.6 Å². The highest BCUT2D eigenvalue weighted by molar-refractivity contribution is 9.10. The molecule has 0 saturated heterocycles. The molecule has 0 aliphatic rings. The Morgan fingerprint density at radius 3 is 1.04 bits per heavy atom. The van der Waals surface area contributed by atoms with Crippen molar-refractivity contribution in [2.24, 2.45) is 11.5 Å². The number of carbonyl (C=O) groups is 3. The number of carboxylic acid groups (broad SMARTS) is 1. The van der Waals surface area contributed by atoms with E-state index in [1.807, 2.05) is 0 Å². The van der Waals surface area contributed by atoms with E-state index < -0.39 is 110 Å². The lowest BCUT2D eigenvalue weighted by atomic mass is 9.92. The van der Waals surface area contributed by atoms with E-state index in [0.717, 1.165) is 47.7 Å². The molecule has 0 aliphatic carbocycles. The Morgan fingerprint density at radius 1 is 0.457 bits per heavy atom. The van der Waals surface area contributed by atoms with E-state index in [4.69, 9.17) is 44.5 Å².